The van der Waals surface area contributed by atoms with Crippen molar-refractivity contribution in [2.24, 2.45) is 5.92 Å². The van der Waals surface area contributed by atoms with E-state index < -0.39 is 39.0 Å². The van der Waals surface area contributed by atoms with Crippen LogP contribution in [0.1, 0.15) is 161 Å². The number of nitrogens with zero attached hydrogens (tertiary/aromatic N) is 3. The molecule has 2 heterocycles. The van der Waals surface area contributed by atoms with Gasteiger partial charge in [0.05, 0.1) is 140 Å². The molecule has 1 fully saturated rings. The molecule has 0 amide bonds. The summed E-state index contributed by atoms with van der Waals surface area (Å²) in [4.78, 5) is 73.5. The van der Waals surface area contributed by atoms with Crippen LogP contribution in [0.2, 0.25) is 20.1 Å². The first-order valence-corrected chi connectivity index (χ1v) is 60.0. The SMILES string of the molecule is BrB(Br)Br.BrCc1ccccc1.C.COC(=O)C1=C(O)C(N(Cc2ccccc2)c2cc(OC)ccc2Cl)CCCC1.COC(=O)C1CCCCC(Br)C1=O.COC(=O)C1CCCCc2c1c1c(OC)ccc(Cl)c1n2Cc1ccccc1.COC(=O)C1CCCCc2c1c1c(OC)cccc1n2Cc1ccccc1.COc1ccc(Cl)c(N)c1.COc1ccc(Cl)c(NCc2ccccc2)c1.Cl.O=CO[O-].[Cl][Zn][Cl].[H-].[K+].[K+]. The first kappa shape index (κ1) is 136. The Balaban J connectivity index is 0.000000589. The number of carbonyl (C=O) groups is 6. The van der Waals surface area contributed by atoms with Crippen molar-refractivity contribution < 1.29 is 206 Å². The van der Waals surface area contributed by atoms with E-state index in [9.17, 15) is 29.1 Å². The monoisotopic (exact) mass is 2570 g/mol. The number of aliphatic hydroxyl groups excluding tert-OH is 1. The Morgan fingerprint density at radius 2 is 0.918 bits per heavy atom. The summed E-state index contributed by atoms with van der Waals surface area (Å²) in [6, 6.07) is 76.9. The fourth-order valence-corrected chi connectivity index (χ4v) is 18.6. The van der Waals surface area contributed by atoms with Crippen molar-refractivity contribution in [2.45, 2.75) is 164 Å². The predicted molar refractivity (Wildman–Crippen MR) is 604 cm³/mol. The van der Waals surface area contributed by atoms with Gasteiger partial charge in [0.2, 0.25) is 0 Å². The molecule has 39 heteroatoms. The fraction of sp³-hybridized carbons (Fsp3) is 0.333. The molecule has 147 heavy (non-hydrogen) atoms. The Morgan fingerprint density at radius 1 is 0.510 bits per heavy atom. The smallest absolute Gasteiger partial charge is 1.00 e. The van der Waals surface area contributed by atoms with E-state index in [1.54, 1.807) is 65.9 Å². The molecular weight excluding hydrogens is 2460 g/mol. The number of carbonyl (C=O) groups excluding carboxylic acids is 6. The van der Waals surface area contributed by atoms with Crippen molar-refractivity contribution in [3.05, 3.63) is 318 Å². The number of esters is 4. The minimum Gasteiger partial charge on any atom is -1.00 e. The third-order valence-electron chi connectivity index (χ3n) is 23.6. The number of aromatic nitrogens is 2. The van der Waals surface area contributed by atoms with Gasteiger partial charge in [0.15, 0.2) is 5.78 Å². The van der Waals surface area contributed by atoms with Gasteiger partial charge >= 0.3 is 164 Å². The van der Waals surface area contributed by atoms with Crippen LogP contribution in [0.5, 0.6) is 28.7 Å². The van der Waals surface area contributed by atoms with Gasteiger partial charge in [0.1, 0.15) is 40.4 Å². The van der Waals surface area contributed by atoms with Gasteiger partial charge in [0.25, 0.3) is 6.47 Å². The number of alkyl halides is 2. The minimum atomic E-state index is -0.931. The molecule has 5 unspecified atom stereocenters. The van der Waals surface area contributed by atoms with Crippen LogP contribution in [0, 0.1) is 5.92 Å². The van der Waals surface area contributed by atoms with E-state index in [2.05, 4.69) is 170 Å². The van der Waals surface area contributed by atoms with Crippen molar-refractivity contribution in [3.63, 3.8) is 0 Å². The van der Waals surface area contributed by atoms with E-state index in [0.717, 1.165) is 180 Å². The Morgan fingerprint density at radius 3 is 1.39 bits per heavy atom. The number of ketones is 1. The number of rotatable bonds is 22. The van der Waals surface area contributed by atoms with Gasteiger partial charge in [-0.1, -0.05) is 276 Å². The Hall–Kier alpha value is -5.41. The Labute approximate surface area is 1030 Å². The van der Waals surface area contributed by atoms with E-state index in [0.29, 0.717) is 69.5 Å². The molecule has 0 saturated heterocycles. The molecule has 23 nitrogen and oxygen atoms in total. The van der Waals surface area contributed by atoms with E-state index in [1.807, 2.05) is 144 Å². The van der Waals surface area contributed by atoms with Crippen molar-refractivity contribution in [1.29, 1.82) is 0 Å². The van der Waals surface area contributed by atoms with Crippen LogP contribution >= 0.6 is 157 Å². The molecule has 0 bridgehead atoms. The molecule has 5 atom stereocenters. The molecule has 12 aromatic rings. The zero-order valence-corrected chi connectivity index (χ0v) is 106. The van der Waals surface area contributed by atoms with E-state index in [4.69, 9.17) is 119 Å². The predicted octanol–water partition coefficient (Wildman–Crippen LogP) is 22.6. The van der Waals surface area contributed by atoms with Crippen molar-refractivity contribution >= 4 is 236 Å². The number of fused-ring (bicyclic) bond motifs is 6. The number of ether oxygens (including phenoxy) is 9. The van der Waals surface area contributed by atoms with Gasteiger partial charge in [-0.15, -0.1) is 59.7 Å². The Kier molecular flexibility index (Phi) is 69.6. The zero-order valence-electron chi connectivity index (χ0n) is 84.5. The number of aliphatic hydroxyl groups is 1. The van der Waals surface area contributed by atoms with Crippen LogP contribution in [-0.4, -0.2) is 128 Å². The second-order valence-corrected chi connectivity index (χ2v) is 46.7. The van der Waals surface area contributed by atoms with Gasteiger partial charge in [-0.25, -0.2) is 4.79 Å². The zero-order chi connectivity index (χ0) is 104. The number of hydrogen-bond acceptors (Lipinski definition) is 21. The number of benzene rings is 10. The summed E-state index contributed by atoms with van der Waals surface area (Å²) in [5, 5.41) is 28.3. The molecule has 780 valence electrons. The van der Waals surface area contributed by atoms with Crippen LogP contribution in [0.15, 0.2) is 248 Å². The first-order valence-electron chi connectivity index (χ1n) is 45.9. The number of anilines is 3. The summed E-state index contributed by atoms with van der Waals surface area (Å²) >= 11 is 40.0. The van der Waals surface area contributed by atoms with Crippen LogP contribution in [0.25, 0.3) is 21.8 Å². The van der Waals surface area contributed by atoms with E-state index in [-0.39, 0.29) is 174 Å². The minimum absolute atomic E-state index is 0. The number of nitrogens with one attached hydrogen (secondary N) is 1. The maximum absolute atomic E-state index is 12.7. The largest absolute Gasteiger partial charge is 1.00 e. The molecular formula is C108H124BBr5Cl7K2N5O18Zn. The normalized spacial score (nSPS) is 14.8. The van der Waals surface area contributed by atoms with Gasteiger partial charge in [-0.05, 0) is 170 Å². The van der Waals surface area contributed by atoms with Gasteiger partial charge in [-0.2, -0.15) is 0 Å². The quantitative estimate of drug-likeness (QED) is 0.00485. The van der Waals surface area contributed by atoms with Crippen LogP contribution < -0.4 is 148 Å². The number of hydrogen-bond donors (Lipinski definition) is 3. The summed E-state index contributed by atoms with van der Waals surface area (Å²) < 4.78 is 51.6. The molecule has 0 spiro atoms. The third kappa shape index (κ3) is 43.0. The maximum atomic E-state index is 12.7. The Bertz CT molecular complexity index is 6010. The number of nitrogen functional groups attached to an aromatic ring is 1. The average Bonchev–Trinajstić information content (AvgIpc) is 1.58. The molecule has 0 radical (unpaired) electrons. The molecule has 4 aliphatic rings. The van der Waals surface area contributed by atoms with Crippen LogP contribution in [-0.2, 0) is 112 Å². The van der Waals surface area contributed by atoms with E-state index >= 15 is 0 Å². The summed E-state index contributed by atoms with van der Waals surface area (Å²) in [6.07, 6.45) is 13.9. The second kappa shape index (κ2) is 75.4. The third-order valence-corrected chi connectivity index (χ3v) is 26.4. The molecule has 10 aromatic carbocycles. The topological polar surface area (TPSA) is 289 Å². The fourth-order valence-electron chi connectivity index (χ4n) is 16.8. The standard InChI is InChI=1S/C23H26ClNO4.C23H24ClNO3.C23H25NO3.C14H14ClNO.C9H13BrO3.C7H7Br.C7H8ClNO.CH2O3.CH4.BBr3.3ClH.2K.Zn.H/c1-28-17-12-13-19(24)21(14-17)25(15-16-8-4-3-5-9-16)20-11-7-6-10-18(22(20)26)23(27)29-2;1-27-19-13-12-17(24)22-21(19)20-16(23(26)28-2)10-6-7-11-18(20)25(22)14-15-8-4-3-5-9-15;1-26-20-14-8-13-19-22(20)21-17(23(25)27-2)11-6-7-12-18(21)24(19)15-16-9-4-3-5-10-16;1-17-12-7-8-13(15)14(9-12)16-10-11-5-3-2-4-6-11;1-13-9(12)6-4-2-3-5-7(10)8(6)11;8-6-7-4-2-1-3-5-7;1-10-5-2-3-6(8)7(9)4-5;2-1-4-3;;2-1(3)4;;;;;;;/h3-5,8-9,12-14,20,26H,6-7,10-11,15H2,1-2H3;3-5,8-9,12-13,16H,6-7,10-11,14H2,1-2H3;3-5,8-10,13-14,17H,6-7,11-12,15H2,1-2H3;2-9,16H,10H2,1H3;6-7H,2-5H2,1H3;1-5H,6H2;2-4H,9H2,1H3;1,3H;1H4;;3*1H;;;;/q;;;;;;;;;;;;;2*+1;+2;-1/p-3. The number of halogens is 12. The average molecular weight is 2580 g/mol. The van der Waals surface area contributed by atoms with Gasteiger partial charge < -0.3 is 84.4 Å². The van der Waals surface area contributed by atoms with Crippen LogP contribution in [0.4, 0.5) is 17.1 Å². The molecule has 16 rings (SSSR count). The maximum Gasteiger partial charge on any atom is 1.00 e. The van der Waals surface area contributed by atoms with E-state index in [1.165, 1.54) is 56.4 Å². The summed E-state index contributed by atoms with van der Waals surface area (Å²) in [7, 11) is 23.7. The molecule has 4 aliphatic carbocycles. The summed E-state index contributed by atoms with van der Waals surface area (Å²) in [6.45, 7) is 2.58. The number of nitrogens with two attached hydrogens (primary N) is 1. The summed E-state index contributed by atoms with van der Waals surface area (Å²) in [5.41, 5.74) is 20.6. The number of methoxy groups -OCH3 is 9. The van der Waals surface area contributed by atoms with Crippen molar-refractivity contribution in [1.82, 2.24) is 9.13 Å². The van der Waals surface area contributed by atoms with Crippen LogP contribution in [0.3, 0.4) is 0 Å². The summed E-state index contributed by atoms with van der Waals surface area (Å²) in [5.74, 6) is 1.52. The first-order chi connectivity index (χ1) is 69.1. The number of Topliss-reactive ketones (excluding diaryl/α,β-unsaturated/α-hetero) is 1. The van der Waals surface area contributed by atoms with Gasteiger partial charge in [-0.3, -0.25) is 24.0 Å². The van der Waals surface area contributed by atoms with Crippen molar-refractivity contribution in [3.8, 4) is 28.7 Å². The van der Waals surface area contributed by atoms with Crippen molar-refractivity contribution in [2.75, 3.05) is 79.9 Å². The van der Waals surface area contributed by atoms with Gasteiger partial charge in [0, 0.05) is 71.9 Å². The molecule has 1 saturated carbocycles. The molecule has 0 aliphatic heterocycles. The molecule has 2 aromatic heterocycles. The second-order valence-electron chi connectivity index (χ2n) is 32.3. The molecule has 4 N–H and O–H groups in total.